The Labute approximate surface area is 132 Å². The van der Waals surface area contributed by atoms with Crippen LogP contribution in [-0.2, 0) is 4.79 Å². The zero-order valence-electron chi connectivity index (χ0n) is 11.6. The zero-order chi connectivity index (χ0) is 17.1. The van der Waals surface area contributed by atoms with Crippen LogP contribution in [0, 0.1) is 0 Å². The van der Waals surface area contributed by atoms with E-state index in [1.54, 1.807) is 13.8 Å². The van der Waals surface area contributed by atoms with Crippen LogP contribution in [-0.4, -0.2) is 40.8 Å². The molecule has 0 unspecified atom stereocenters. The smallest absolute Gasteiger partial charge is 0.480 e. The number of rotatable bonds is 5. The first kappa shape index (κ1) is 18.3. The summed E-state index contributed by atoms with van der Waals surface area (Å²) < 4.78 is 40.7. The summed E-state index contributed by atoms with van der Waals surface area (Å²) in [6.07, 6.45) is -4.90. The highest BCUT2D eigenvalue weighted by molar-refractivity contribution is 9.10. The van der Waals surface area contributed by atoms with Crippen LogP contribution in [0.5, 0.6) is 5.75 Å². The van der Waals surface area contributed by atoms with Crippen LogP contribution in [0.4, 0.5) is 13.2 Å². The number of alkyl halides is 3. The van der Waals surface area contributed by atoms with Crippen LogP contribution in [0.2, 0.25) is 0 Å². The second-order valence-corrected chi connectivity index (χ2v) is 5.47. The van der Waals surface area contributed by atoms with E-state index < -0.39 is 36.6 Å². The van der Waals surface area contributed by atoms with Crippen molar-refractivity contribution >= 4 is 27.8 Å². The summed E-state index contributed by atoms with van der Waals surface area (Å²) in [6, 6.07) is 3.00. The molecule has 0 saturated heterocycles. The summed E-state index contributed by atoms with van der Waals surface area (Å²) in [5, 5.41) is 8.81. The van der Waals surface area contributed by atoms with Gasteiger partial charge in [0.25, 0.3) is 5.91 Å². The summed E-state index contributed by atoms with van der Waals surface area (Å²) in [5.41, 5.74) is -0.0996. The van der Waals surface area contributed by atoms with Crippen molar-refractivity contribution in [1.29, 1.82) is 0 Å². The predicted molar refractivity (Wildman–Crippen MR) is 74.6 cm³/mol. The molecule has 0 aliphatic heterocycles. The Morgan fingerprint density at radius 1 is 1.36 bits per heavy atom. The van der Waals surface area contributed by atoms with Gasteiger partial charge in [-0.1, -0.05) is 0 Å². The Morgan fingerprint density at radius 3 is 2.41 bits per heavy atom. The monoisotopic (exact) mass is 383 g/mol. The van der Waals surface area contributed by atoms with Gasteiger partial charge < -0.3 is 14.7 Å². The molecule has 0 aliphatic carbocycles. The van der Waals surface area contributed by atoms with E-state index in [1.807, 2.05) is 0 Å². The number of halogens is 4. The molecule has 1 rings (SSSR count). The zero-order valence-corrected chi connectivity index (χ0v) is 13.2. The average molecular weight is 384 g/mol. The first-order chi connectivity index (χ1) is 10.0. The van der Waals surface area contributed by atoms with E-state index in [-0.39, 0.29) is 10.0 Å². The number of hydrogen-bond acceptors (Lipinski definition) is 3. The quantitative estimate of drug-likeness (QED) is 0.846. The number of carboxylic acid groups (broad SMARTS) is 1. The fourth-order valence-electron chi connectivity index (χ4n) is 1.64. The lowest BCUT2D eigenvalue weighted by atomic mass is 10.1. The van der Waals surface area contributed by atoms with Crippen LogP contribution in [0.1, 0.15) is 24.2 Å². The highest BCUT2D eigenvalue weighted by Gasteiger charge is 2.32. The summed E-state index contributed by atoms with van der Waals surface area (Å²) in [6.45, 7) is 2.65. The van der Waals surface area contributed by atoms with Gasteiger partial charge in [-0.05, 0) is 48.0 Å². The fourth-order valence-corrected chi connectivity index (χ4v) is 1.97. The van der Waals surface area contributed by atoms with Crippen molar-refractivity contribution in [2.45, 2.75) is 26.3 Å². The Morgan fingerprint density at radius 2 is 1.95 bits per heavy atom. The van der Waals surface area contributed by atoms with E-state index in [0.717, 1.165) is 11.0 Å². The number of carbonyl (C=O) groups excluding carboxylic acids is 1. The Kier molecular flexibility index (Phi) is 5.81. The van der Waals surface area contributed by atoms with E-state index in [0.29, 0.717) is 0 Å². The third-order valence-electron chi connectivity index (χ3n) is 2.59. The van der Waals surface area contributed by atoms with Gasteiger partial charge in [0, 0.05) is 11.6 Å². The number of amides is 1. The molecule has 0 atom stereocenters. The number of aliphatic carboxylic acids is 1. The van der Waals surface area contributed by atoms with Crippen molar-refractivity contribution in [3.63, 3.8) is 0 Å². The number of carboxylic acids is 1. The summed E-state index contributed by atoms with van der Waals surface area (Å²) in [4.78, 5) is 24.1. The Balaban J connectivity index is 3.12. The van der Waals surface area contributed by atoms with Gasteiger partial charge in [-0.3, -0.25) is 9.59 Å². The number of nitrogens with zero attached hydrogens (tertiary/aromatic N) is 1. The molecule has 1 aromatic rings. The Hall–Kier alpha value is -1.77. The lowest BCUT2D eigenvalue weighted by molar-refractivity contribution is -0.274. The van der Waals surface area contributed by atoms with E-state index >= 15 is 0 Å². The lowest BCUT2D eigenvalue weighted by Gasteiger charge is -2.25. The van der Waals surface area contributed by atoms with Crippen molar-refractivity contribution in [2.75, 3.05) is 6.54 Å². The van der Waals surface area contributed by atoms with Gasteiger partial charge >= 0.3 is 12.3 Å². The molecule has 1 aromatic carbocycles. The standard InChI is InChI=1S/C13H13BrF3NO4/c1-7(2)18(6-11(19)20)12(21)8-3-4-9(14)10(5-8)22-13(15,16)17/h3-5,7H,6H2,1-2H3,(H,19,20). The predicted octanol–water partition coefficient (Wildman–Crippen LogP) is 3.28. The molecule has 0 fully saturated rings. The molecule has 0 aliphatic rings. The van der Waals surface area contributed by atoms with Crippen LogP contribution in [0.3, 0.4) is 0 Å². The number of ether oxygens (including phenoxy) is 1. The molecule has 0 saturated carbocycles. The van der Waals surface area contributed by atoms with Crippen molar-refractivity contribution in [2.24, 2.45) is 0 Å². The molecule has 0 radical (unpaired) electrons. The maximum atomic E-state index is 12.3. The molecule has 22 heavy (non-hydrogen) atoms. The minimum absolute atomic E-state index is 0.0238. The van der Waals surface area contributed by atoms with E-state index in [1.165, 1.54) is 12.1 Å². The third-order valence-corrected chi connectivity index (χ3v) is 3.25. The number of hydrogen-bond donors (Lipinski definition) is 1. The SMILES string of the molecule is CC(C)N(CC(=O)O)C(=O)c1ccc(Br)c(OC(F)(F)F)c1. The van der Waals surface area contributed by atoms with Gasteiger partial charge in [0.05, 0.1) is 4.47 Å². The molecular formula is C13H13BrF3NO4. The van der Waals surface area contributed by atoms with Gasteiger partial charge in [0.2, 0.25) is 0 Å². The van der Waals surface area contributed by atoms with Crippen molar-refractivity contribution in [3.05, 3.63) is 28.2 Å². The topological polar surface area (TPSA) is 66.8 Å². The molecule has 5 nitrogen and oxygen atoms in total. The largest absolute Gasteiger partial charge is 0.573 e. The molecule has 0 aromatic heterocycles. The lowest BCUT2D eigenvalue weighted by Crippen LogP contribution is -2.40. The Bertz CT molecular complexity index is 575. The highest BCUT2D eigenvalue weighted by atomic mass is 79.9. The van der Waals surface area contributed by atoms with Crippen LogP contribution >= 0.6 is 15.9 Å². The molecule has 0 heterocycles. The van der Waals surface area contributed by atoms with E-state index in [9.17, 15) is 22.8 Å². The first-order valence-electron chi connectivity index (χ1n) is 6.09. The van der Waals surface area contributed by atoms with Crippen molar-refractivity contribution in [1.82, 2.24) is 4.90 Å². The summed E-state index contributed by atoms with van der Waals surface area (Å²) in [7, 11) is 0. The second kappa shape index (κ2) is 6.99. The maximum Gasteiger partial charge on any atom is 0.573 e. The fraction of sp³-hybridized carbons (Fsp3) is 0.385. The molecule has 1 N–H and O–H groups in total. The minimum atomic E-state index is -4.90. The molecule has 122 valence electrons. The van der Waals surface area contributed by atoms with Gasteiger partial charge in [-0.15, -0.1) is 13.2 Å². The molecular weight excluding hydrogens is 371 g/mol. The highest BCUT2D eigenvalue weighted by Crippen LogP contribution is 2.31. The van der Waals surface area contributed by atoms with E-state index in [2.05, 4.69) is 20.7 Å². The van der Waals surface area contributed by atoms with Crippen LogP contribution in [0.25, 0.3) is 0 Å². The molecule has 0 bridgehead atoms. The van der Waals surface area contributed by atoms with Gasteiger partial charge in [-0.25, -0.2) is 0 Å². The number of benzene rings is 1. The van der Waals surface area contributed by atoms with Crippen molar-refractivity contribution < 1.29 is 32.6 Å². The van der Waals surface area contributed by atoms with Gasteiger partial charge in [0.15, 0.2) is 0 Å². The average Bonchev–Trinajstić information content (AvgIpc) is 2.35. The van der Waals surface area contributed by atoms with Gasteiger partial charge in [0.1, 0.15) is 12.3 Å². The van der Waals surface area contributed by atoms with Gasteiger partial charge in [-0.2, -0.15) is 0 Å². The van der Waals surface area contributed by atoms with E-state index in [4.69, 9.17) is 5.11 Å². The minimum Gasteiger partial charge on any atom is -0.480 e. The third kappa shape index (κ3) is 5.21. The molecule has 0 spiro atoms. The summed E-state index contributed by atoms with van der Waals surface area (Å²) >= 11 is 2.89. The second-order valence-electron chi connectivity index (χ2n) is 4.61. The number of carbonyl (C=O) groups is 2. The normalized spacial score (nSPS) is 11.4. The van der Waals surface area contributed by atoms with Crippen LogP contribution in [0.15, 0.2) is 22.7 Å². The molecule has 1 amide bonds. The van der Waals surface area contributed by atoms with Crippen molar-refractivity contribution in [3.8, 4) is 5.75 Å². The molecule has 9 heteroatoms. The van der Waals surface area contributed by atoms with Crippen LogP contribution < -0.4 is 4.74 Å². The maximum absolute atomic E-state index is 12.3. The summed E-state index contributed by atoms with van der Waals surface area (Å²) in [5.74, 6) is -2.49. The first-order valence-corrected chi connectivity index (χ1v) is 6.88.